The average Bonchev–Trinajstić information content (AvgIpc) is 2.34. The van der Waals surface area contributed by atoms with Crippen LogP contribution in [0, 0.1) is 11.7 Å². The standard InChI is InChI=1S/C17H28FNO/c1-6-8-13(2)12-20-16-14(9-7-10-15(16)18)11-19-17(3,4)5/h7,9-10,13,19H,6,8,11-12H2,1-5H3. The molecule has 0 aliphatic heterocycles. The molecule has 20 heavy (non-hydrogen) atoms. The first-order chi connectivity index (χ1) is 9.33. The fraction of sp³-hybridized carbons (Fsp3) is 0.647. The van der Waals surface area contributed by atoms with Crippen molar-refractivity contribution < 1.29 is 9.13 Å². The van der Waals surface area contributed by atoms with E-state index in [4.69, 9.17) is 4.74 Å². The molecule has 0 bridgehead atoms. The minimum absolute atomic E-state index is 0.000903. The van der Waals surface area contributed by atoms with Crippen LogP contribution >= 0.6 is 0 Å². The summed E-state index contributed by atoms with van der Waals surface area (Å²) in [5, 5.41) is 3.37. The number of hydrogen-bond acceptors (Lipinski definition) is 2. The predicted molar refractivity (Wildman–Crippen MR) is 82.6 cm³/mol. The van der Waals surface area contributed by atoms with Crippen molar-refractivity contribution in [1.82, 2.24) is 5.32 Å². The lowest BCUT2D eigenvalue weighted by molar-refractivity contribution is 0.238. The average molecular weight is 281 g/mol. The Labute approximate surface area is 122 Å². The van der Waals surface area contributed by atoms with Crippen LogP contribution in [0.2, 0.25) is 0 Å². The van der Waals surface area contributed by atoms with E-state index < -0.39 is 0 Å². The summed E-state index contributed by atoms with van der Waals surface area (Å²) < 4.78 is 19.7. The molecule has 0 saturated heterocycles. The molecule has 1 aromatic carbocycles. The van der Waals surface area contributed by atoms with Gasteiger partial charge >= 0.3 is 0 Å². The first-order valence-electron chi connectivity index (χ1n) is 7.48. The van der Waals surface area contributed by atoms with Gasteiger partial charge in [-0.1, -0.05) is 32.4 Å². The van der Waals surface area contributed by atoms with Crippen molar-refractivity contribution in [3.8, 4) is 5.75 Å². The summed E-state index contributed by atoms with van der Waals surface area (Å²) in [6.07, 6.45) is 2.23. The van der Waals surface area contributed by atoms with E-state index in [2.05, 4.69) is 39.9 Å². The molecule has 1 rings (SSSR count). The van der Waals surface area contributed by atoms with Gasteiger partial charge in [0.25, 0.3) is 0 Å². The number of nitrogens with one attached hydrogen (secondary N) is 1. The van der Waals surface area contributed by atoms with Gasteiger partial charge in [0.2, 0.25) is 0 Å². The van der Waals surface area contributed by atoms with Gasteiger partial charge < -0.3 is 10.1 Å². The van der Waals surface area contributed by atoms with Gasteiger partial charge in [0.05, 0.1) is 6.61 Å². The van der Waals surface area contributed by atoms with Gasteiger partial charge in [-0.3, -0.25) is 0 Å². The molecule has 2 nitrogen and oxygen atoms in total. The fourth-order valence-corrected chi connectivity index (χ4v) is 2.02. The molecule has 114 valence electrons. The Morgan fingerprint density at radius 3 is 2.60 bits per heavy atom. The van der Waals surface area contributed by atoms with Gasteiger partial charge in [-0.2, -0.15) is 0 Å². The second kappa shape index (κ2) is 7.63. The smallest absolute Gasteiger partial charge is 0.165 e. The Hall–Kier alpha value is -1.09. The van der Waals surface area contributed by atoms with Crippen LogP contribution in [-0.2, 0) is 6.54 Å². The van der Waals surface area contributed by atoms with Crippen LogP contribution in [0.1, 0.15) is 53.0 Å². The second-order valence-corrected chi connectivity index (χ2v) is 6.54. The van der Waals surface area contributed by atoms with Crippen LogP contribution in [0.3, 0.4) is 0 Å². The highest BCUT2D eigenvalue weighted by Crippen LogP contribution is 2.24. The van der Waals surface area contributed by atoms with E-state index >= 15 is 0 Å². The minimum Gasteiger partial charge on any atom is -0.490 e. The van der Waals surface area contributed by atoms with Gasteiger partial charge in [0, 0.05) is 17.6 Å². The molecule has 0 aliphatic rings. The topological polar surface area (TPSA) is 21.3 Å². The molecule has 0 aliphatic carbocycles. The van der Waals surface area contributed by atoms with Gasteiger partial charge in [-0.05, 0) is 39.2 Å². The van der Waals surface area contributed by atoms with Crippen LogP contribution in [0.15, 0.2) is 18.2 Å². The number of para-hydroxylation sites is 1. The van der Waals surface area contributed by atoms with Gasteiger partial charge in [0.15, 0.2) is 11.6 Å². The Balaban J connectivity index is 2.72. The summed E-state index contributed by atoms with van der Waals surface area (Å²) in [5.41, 5.74) is 0.877. The second-order valence-electron chi connectivity index (χ2n) is 6.54. The molecule has 0 fully saturated rings. The van der Waals surface area contributed by atoms with E-state index in [1.807, 2.05) is 6.07 Å². The lowest BCUT2D eigenvalue weighted by atomic mass is 10.1. The summed E-state index contributed by atoms with van der Waals surface area (Å²) in [7, 11) is 0. The zero-order valence-electron chi connectivity index (χ0n) is 13.4. The van der Waals surface area contributed by atoms with Crippen molar-refractivity contribution in [3.63, 3.8) is 0 Å². The SMILES string of the molecule is CCCC(C)COc1c(F)cccc1CNC(C)(C)C. The van der Waals surface area contributed by atoms with Crippen molar-refractivity contribution in [2.75, 3.05) is 6.61 Å². The van der Waals surface area contributed by atoms with Gasteiger partial charge in [-0.25, -0.2) is 4.39 Å². The Morgan fingerprint density at radius 2 is 2.00 bits per heavy atom. The fourth-order valence-electron chi connectivity index (χ4n) is 2.02. The quantitative estimate of drug-likeness (QED) is 0.793. The van der Waals surface area contributed by atoms with Crippen molar-refractivity contribution in [2.24, 2.45) is 5.92 Å². The highest BCUT2D eigenvalue weighted by atomic mass is 19.1. The van der Waals surface area contributed by atoms with Gasteiger partial charge in [0.1, 0.15) is 0 Å². The number of ether oxygens (including phenoxy) is 1. The third-order valence-electron chi connectivity index (χ3n) is 3.15. The van der Waals surface area contributed by atoms with E-state index in [1.165, 1.54) is 6.07 Å². The first-order valence-corrected chi connectivity index (χ1v) is 7.48. The van der Waals surface area contributed by atoms with E-state index in [9.17, 15) is 4.39 Å². The zero-order chi connectivity index (χ0) is 15.2. The van der Waals surface area contributed by atoms with Crippen molar-refractivity contribution >= 4 is 0 Å². The lowest BCUT2D eigenvalue weighted by Crippen LogP contribution is -2.35. The number of benzene rings is 1. The maximum atomic E-state index is 14.0. The minimum atomic E-state index is -0.276. The van der Waals surface area contributed by atoms with E-state index in [1.54, 1.807) is 6.07 Å². The third-order valence-corrected chi connectivity index (χ3v) is 3.15. The monoisotopic (exact) mass is 281 g/mol. The Bertz CT molecular complexity index is 412. The number of hydrogen-bond donors (Lipinski definition) is 1. The molecule has 1 aromatic rings. The van der Waals surface area contributed by atoms with Crippen LogP contribution in [-0.4, -0.2) is 12.1 Å². The summed E-state index contributed by atoms with van der Waals surface area (Å²) >= 11 is 0. The largest absolute Gasteiger partial charge is 0.490 e. The highest BCUT2D eigenvalue weighted by molar-refractivity contribution is 5.35. The van der Waals surface area contributed by atoms with E-state index in [-0.39, 0.29) is 11.4 Å². The molecule has 0 spiro atoms. The molecule has 0 heterocycles. The normalized spacial score (nSPS) is 13.3. The maximum absolute atomic E-state index is 14.0. The summed E-state index contributed by atoms with van der Waals surface area (Å²) in [5.74, 6) is 0.567. The van der Waals surface area contributed by atoms with Crippen molar-refractivity contribution in [1.29, 1.82) is 0 Å². The first kappa shape index (κ1) is 17.0. The van der Waals surface area contributed by atoms with Crippen LogP contribution in [0.25, 0.3) is 0 Å². The molecule has 1 unspecified atom stereocenters. The van der Waals surface area contributed by atoms with E-state index in [0.29, 0.717) is 24.8 Å². The summed E-state index contributed by atoms with van der Waals surface area (Å²) in [6.45, 7) is 11.7. The Kier molecular flexibility index (Phi) is 6.47. The van der Waals surface area contributed by atoms with Crippen molar-refractivity contribution in [2.45, 2.75) is 59.5 Å². The molecule has 1 atom stereocenters. The molecule has 1 N–H and O–H groups in total. The molecule has 0 aromatic heterocycles. The summed E-state index contributed by atoms with van der Waals surface area (Å²) in [6, 6.07) is 5.11. The molecular weight excluding hydrogens is 253 g/mol. The highest BCUT2D eigenvalue weighted by Gasteiger charge is 2.14. The zero-order valence-corrected chi connectivity index (χ0v) is 13.4. The molecule has 0 radical (unpaired) electrons. The number of halogens is 1. The lowest BCUT2D eigenvalue weighted by Gasteiger charge is -2.22. The van der Waals surface area contributed by atoms with Crippen LogP contribution in [0.5, 0.6) is 5.75 Å². The van der Waals surface area contributed by atoms with E-state index in [0.717, 1.165) is 18.4 Å². The molecule has 0 saturated carbocycles. The van der Waals surface area contributed by atoms with Gasteiger partial charge in [-0.15, -0.1) is 0 Å². The number of rotatable bonds is 7. The van der Waals surface area contributed by atoms with Crippen molar-refractivity contribution in [3.05, 3.63) is 29.6 Å². The molecule has 3 heteroatoms. The van der Waals surface area contributed by atoms with Crippen LogP contribution < -0.4 is 10.1 Å². The maximum Gasteiger partial charge on any atom is 0.165 e. The molecular formula is C17H28FNO. The predicted octanol–water partition coefficient (Wildman–Crippen LogP) is 4.53. The third kappa shape index (κ3) is 5.91. The molecule has 0 amide bonds. The van der Waals surface area contributed by atoms with Crippen LogP contribution in [0.4, 0.5) is 4.39 Å². The summed E-state index contributed by atoms with van der Waals surface area (Å²) in [4.78, 5) is 0. The Morgan fingerprint density at radius 1 is 1.30 bits per heavy atom.